The fraction of sp³-hybridized carbons (Fsp3) is 0.667. The van der Waals surface area contributed by atoms with Gasteiger partial charge in [-0.25, -0.2) is 4.98 Å². The van der Waals surface area contributed by atoms with Crippen LogP contribution >= 0.6 is 0 Å². The highest BCUT2D eigenvalue weighted by Crippen LogP contribution is 2.22. The van der Waals surface area contributed by atoms with Crippen LogP contribution < -0.4 is 10.1 Å². The van der Waals surface area contributed by atoms with Crippen molar-refractivity contribution in [3.8, 4) is 5.88 Å². The molecule has 88 valence electrons. The van der Waals surface area contributed by atoms with Crippen molar-refractivity contribution < 1.29 is 4.74 Å². The van der Waals surface area contributed by atoms with E-state index in [-0.39, 0.29) is 6.10 Å². The average Bonchev–Trinajstić information content (AvgIpc) is 2.30. The minimum Gasteiger partial charge on any atom is -0.473 e. The summed E-state index contributed by atoms with van der Waals surface area (Å²) in [5, 5.41) is 3.32. The summed E-state index contributed by atoms with van der Waals surface area (Å²) >= 11 is 0. The molecule has 0 aliphatic heterocycles. The molecule has 1 heterocycles. The van der Waals surface area contributed by atoms with Gasteiger partial charge >= 0.3 is 0 Å². The summed E-state index contributed by atoms with van der Waals surface area (Å²) in [4.78, 5) is 8.34. The van der Waals surface area contributed by atoms with Crippen molar-refractivity contribution >= 4 is 0 Å². The number of ether oxygens (including phenoxy) is 1. The second-order valence-corrected chi connectivity index (χ2v) is 4.28. The molecule has 16 heavy (non-hydrogen) atoms. The third kappa shape index (κ3) is 2.70. The summed E-state index contributed by atoms with van der Waals surface area (Å²) in [6.07, 6.45) is 6.81. The zero-order valence-electron chi connectivity index (χ0n) is 9.94. The molecule has 0 saturated heterocycles. The normalized spacial score (nSPS) is 25.4. The number of likely N-dealkylation sites (N-methyl/N-ethyl adjacent to an activating group) is 1. The van der Waals surface area contributed by atoms with Gasteiger partial charge in [-0.05, 0) is 33.2 Å². The van der Waals surface area contributed by atoms with Gasteiger partial charge in [0.05, 0.1) is 0 Å². The number of aryl methyl sites for hydroxylation is 1. The van der Waals surface area contributed by atoms with E-state index in [1.54, 1.807) is 6.20 Å². The maximum absolute atomic E-state index is 5.93. The smallest absolute Gasteiger partial charge is 0.216 e. The van der Waals surface area contributed by atoms with Crippen molar-refractivity contribution in [1.29, 1.82) is 0 Å². The highest BCUT2D eigenvalue weighted by Gasteiger charge is 2.25. The summed E-state index contributed by atoms with van der Waals surface area (Å²) < 4.78 is 5.93. The van der Waals surface area contributed by atoms with E-state index in [9.17, 15) is 0 Å². The Morgan fingerprint density at radius 2 is 2.19 bits per heavy atom. The van der Waals surface area contributed by atoms with Gasteiger partial charge in [0.2, 0.25) is 5.88 Å². The van der Waals surface area contributed by atoms with E-state index >= 15 is 0 Å². The molecule has 2 rings (SSSR count). The van der Waals surface area contributed by atoms with Crippen LogP contribution in [-0.4, -0.2) is 29.2 Å². The van der Waals surface area contributed by atoms with Crippen LogP contribution in [0.15, 0.2) is 12.3 Å². The van der Waals surface area contributed by atoms with Crippen LogP contribution in [0.25, 0.3) is 0 Å². The fourth-order valence-corrected chi connectivity index (χ4v) is 2.22. The molecule has 0 amide bonds. The fourth-order valence-electron chi connectivity index (χ4n) is 2.22. The van der Waals surface area contributed by atoms with Gasteiger partial charge in [0, 0.05) is 18.3 Å². The quantitative estimate of drug-likeness (QED) is 0.843. The molecule has 1 N–H and O–H groups in total. The Balaban J connectivity index is 2.02. The lowest BCUT2D eigenvalue weighted by atomic mass is 9.92. The van der Waals surface area contributed by atoms with E-state index in [4.69, 9.17) is 4.74 Å². The molecule has 1 saturated carbocycles. The second kappa shape index (κ2) is 5.25. The Bertz CT molecular complexity index is 343. The standard InChI is InChI=1S/C12H19N3O/c1-9-14-8-7-12(15-9)16-11-6-4-3-5-10(11)13-2/h7-8,10-11,13H,3-6H2,1-2H3. The predicted octanol–water partition coefficient (Wildman–Crippen LogP) is 1.69. The van der Waals surface area contributed by atoms with Gasteiger partial charge in [-0.2, -0.15) is 4.98 Å². The van der Waals surface area contributed by atoms with Gasteiger partial charge in [-0.1, -0.05) is 6.42 Å². The first-order valence-corrected chi connectivity index (χ1v) is 5.93. The Morgan fingerprint density at radius 1 is 1.38 bits per heavy atom. The summed E-state index contributed by atoms with van der Waals surface area (Å²) in [5.74, 6) is 1.45. The third-order valence-corrected chi connectivity index (χ3v) is 3.10. The summed E-state index contributed by atoms with van der Waals surface area (Å²) in [6.45, 7) is 1.88. The molecule has 1 aromatic rings. The molecule has 1 aliphatic carbocycles. The van der Waals surface area contributed by atoms with Crippen LogP contribution in [0.4, 0.5) is 0 Å². The van der Waals surface area contributed by atoms with Crippen LogP contribution in [0.3, 0.4) is 0 Å². The number of aromatic nitrogens is 2. The number of nitrogens with one attached hydrogen (secondary N) is 1. The molecule has 0 radical (unpaired) electrons. The number of hydrogen-bond donors (Lipinski definition) is 1. The van der Waals surface area contributed by atoms with Crippen molar-refractivity contribution in [2.45, 2.75) is 44.8 Å². The molecule has 0 aromatic carbocycles. The topological polar surface area (TPSA) is 47.0 Å². The molecule has 0 bridgehead atoms. The molecular formula is C12H19N3O. The molecule has 1 aliphatic rings. The lowest BCUT2D eigenvalue weighted by molar-refractivity contribution is 0.112. The van der Waals surface area contributed by atoms with E-state index in [0.717, 1.165) is 12.2 Å². The Hall–Kier alpha value is -1.16. The molecule has 2 atom stereocenters. The van der Waals surface area contributed by atoms with Crippen molar-refractivity contribution in [3.63, 3.8) is 0 Å². The Labute approximate surface area is 96.4 Å². The van der Waals surface area contributed by atoms with E-state index < -0.39 is 0 Å². The largest absolute Gasteiger partial charge is 0.473 e. The third-order valence-electron chi connectivity index (χ3n) is 3.10. The van der Waals surface area contributed by atoms with Crippen LogP contribution in [0, 0.1) is 6.92 Å². The highest BCUT2D eigenvalue weighted by molar-refractivity contribution is 5.09. The van der Waals surface area contributed by atoms with E-state index in [0.29, 0.717) is 11.9 Å². The van der Waals surface area contributed by atoms with Crippen molar-refractivity contribution in [3.05, 3.63) is 18.1 Å². The maximum Gasteiger partial charge on any atom is 0.216 e. The first-order chi connectivity index (χ1) is 7.79. The minimum atomic E-state index is 0.244. The van der Waals surface area contributed by atoms with Gasteiger partial charge < -0.3 is 10.1 Å². The van der Waals surface area contributed by atoms with Gasteiger partial charge in [0.1, 0.15) is 11.9 Å². The summed E-state index contributed by atoms with van der Waals surface area (Å²) in [5.41, 5.74) is 0. The summed E-state index contributed by atoms with van der Waals surface area (Å²) in [7, 11) is 2.00. The lowest BCUT2D eigenvalue weighted by Crippen LogP contribution is -2.43. The van der Waals surface area contributed by atoms with E-state index in [1.165, 1.54) is 19.3 Å². The molecule has 1 aromatic heterocycles. The maximum atomic E-state index is 5.93. The average molecular weight is 221 g/mol. The van der Waals surface area contributed by atoms with Gasteiger partial charge in [-0.3, -0.25) is 0 Å². The van der Waals surface area contributed by atoms with Gasteiger partial charge in [0.15, 0.2) is 0 Å². The lowest BCUT2D eigenvalue weighted by Gasteiger charge is -2.31. The molecule has 4 heteroatoms. The first kappa shape index (κ1) is 11.3. The number of nitrogens with zero attached hydrogens (tertiary/aromatic N) is 2. The molecule has 4 nitrogen and oxygen atoms in total. The van der Waals surface area contributed by atoms with Crippen LogP contribution in [0.1, 0.15) is 31.5 Å². The van der Waals surface area contributed by atoms with Gasteiger partial charge in [-0.15, -0.1) is 0 Å². The predicted molar refractivity (Wildman–Crippen MR) is 62.5 cm³/mol. The minimum absolute atomic E-state index is 0.244. The molecular weight excluding hydrogens is 202 g/mol. The summed E-state index contributed by atoms with van der Waals surface area (Å²) in [6, 6.07) is 2.28. The number of hydrogen-bond acceptors (Lipinski definition) is 4. The number of rotatable bonds is 3. The van der Waals surface area contributed by atoms with Gasteiger partial charge in [0.25, 0.3) is 0 Å². The second-order valence-electron chi connectivity index (χ2n) is 4.28. The van der Waals surface area contributed by atoms with Crippen LogP contribution in [0.2, 0.25) is 0 Å². The Kier molecular flexibility index (Phi) is 3.72. The molecule has 0 spiro atoms. The SMILES string of the molecule is CNC1CCCCC1Oc1ccnc(C)n1. The first-order valence-electron chi connectivity index (χ1n) is 5.93. The zero-order chi connectivity index (χ0) is 11.4. The van der Waals surface area contributed by atoms with Crippen LogP contribution in [0.5, 0.6) is 5.88 Å². The van der Waals surface area contributed by atoms with Crippen molar-refractivity contribution in [2.24, 2.45) is 0 Å². The molecule has 1 fully saturated rings. The zero-order valence-corrected chi connectivity index (χ0v) is 9.94. The van der Waals surface area contributed by atoms with Crippen LogP contribution in [-0.2, 0) is 0 Å². The van der Waals surface area contributed by atoms with E-state index in [2.05, 4.69) is 15.3 Å². The van der Waals surface area contributed by atoms with Crippen molar-refractivity contribution in [1.82, 2.24) is 15.3 Å². The monoisotopic (exact) mass is 221 g/mol. The van der Waals surface area contributed by atoms with E-state index in [1.807, 2.05) is 20.0 Å². The molecule has 2 unspecified atom stereocenters. The highest BCUT2D eigenvalue weighted by atomic mass is 16.5. The Morgan fingerprint density at radius 3 is 2.94 bits per heavy atom. The van der Waals surface area contributed by atoms with Crippen molar-refractivity contribution in [2.75, 3.05) is 7.05 Å².